The quantitative estimate of drug-likeness (QED) is 0.410. The largest absolute Gasteiger partial charge is 0.356 e. The molecule has 0 atom stereocenters. The molecule has 2 N–H and O–H groups in total. The molecule has 2 rings (SSSR count). The van der Waals surface area contributed by atoms with Crippen LogP contribution in [-0.2, 0) is 13.0 Å². The minimum absolute atomic E-state index is 0. The molecule has 5 nitrogen and oxygen atoms in total. The van der Waals surface area contributed by atoms with Crippen molar-refractivity contribution in [1.82, 2.24) is 15.6 Å². The highest BCUT2D eigenvalue weighted by Gasteiger charge is 2.05. The van der Waals surface area contributed by atoms with Gasteiger partial charge in [0.05, 0.1) is 16.6 Å². The van der Waals surface area contributed by atoms with E-state index in [9.17, 15) is 4.39 Å². The van der Waals surface area contributed by atoms with E-state index in [0.29, 0.717) is 23.6 Å². The number of nitrogens with zero attached hydrogens (tertiary/aromatic N) is 3. The van der Waals surface area contributed by atoms with Gasteiger partial charge in [-0.15, -0.1) is 35.3 Å². The molecule has 128 valence electrons. The second-order valence-corrected chi connectivity index (χ2v) is 6.20. The molecule has 1 aromatic carbocycles. The highest BCUT2D eigenvalue weighted by atomic mass is 127. The zero-order valence-electron chi connectivity index (χ0n) is 13.5. The molecule has 0 saturated heterocycles. The van der Waals surface area contributed by atoms with Crippen molar-refractivity contribution in [3.8, 4) is 6.07 Å². The first-order valence-corrected chi connectivity index (χ1v) is 7.98. The van der Waals surface area contributed by atoms with Gasteiger partial charge in [-0.25, -0.2) is 9.37 Å². The maximum atomic E-state index is 13.7. The highest BCUT2D eigenvalue weighted by Crippen LogP contribution is 2.11. The summed E-state index contributed by atoms with van der Waals surface area (Å²) in [5, 5.41) is 16.1. The van der Waals surface area contributed by atoms with Crippen LogP contribution >= 0.6 is 35.3 Å². The van der Waals surface area contributed by atoms with Gasteiger partial charge in [0.2, 0.25) is 0 Å². The molecule has 0 aliphatic rings. The Kier molecular flexibility index (Phi) is 8.63. The first-order chi connectivity index (χ1) is 11.1. The Morgan fingerprint density at radius 2 is 2.21 bits per heavy atom. The SMILES string of the molecule is CN=C(NCCc1ncc(C)s1)NCc1cc(C#N)ccc1F.I. The van der Waals surface area contributed by atoms with Crippen molar-refractivity contribution in [2.45, 2.75) is 19.9 Å². The predicted molar refractivity (Wildman–Crippen MR) is 105 cm³/mol. The summed E-state index contributed by atoms with van der Waals surface area (Å²) in [6, 6.07) is 6.30. The van der Waals surface area contributed by atoms with E-state index in [4.69, 9.17) is 5.26 Å². The summed E-state index contributed by atoms with van der Waals surface area (Å²) in [4.78, 5) is 9.59. The normalized spacial score (nSPS) is 10.7. The highest BCUT2D eigenvalue weighted by molar-refractivity contribution is 14.0. The number of aliphatic imine (C=N–C) groups is 1. The summed E-state index contributed by atoms with van der Waals surface area (Å²) in [5.41, 5.74) is 0.868. The van der Waals surface area contributed by atoms with Gasteiger partial charge in [0.1, 0.15) is 5.82 Å². The number of aryl methyl sites for hydroxylation is 1. The van der Waals surface area contributed by atoms with Gasteiger partial charge in [-0.05, 0) is 25.1 Å². The molecule has 1 aromatic heterocycles. The van der Waals surface area contributed by atoms with Crippen LogP contribution in [0.3, 0.4) is 0 Å². The number of nitrogens with one attached hydrogen (secondary N) is 2. The van der Waals surface area contributed by atoms with E-state index in [1.807, 2.05) is 19.2 Å². The van der Waals surface area contributed by atoms with Crippen LogP contribution in [0.1, 0.15) is 21.0 Å². The number of aromatic nitrogens is 1. The number of halogens is 2. The number of nitriles is 1. The Morgan fingerprint density at radius 1 is 1.42 bits per heavy atom. The van der Waals surface area contributed by atoms with Gasteiger partial charge in [-0.2, -0.15) is 5.26 Å². The molecule has 8 heteroatoms. The van der Waals surface area contributed by atoms with Crippen LogP contribution in [0.15, 0.2) is 29.4 Å². The molecule has 0 aliphatic carbocycles. The number of rotatable bonds is 5. The topological polar surface area (TPSA) is 73.1 Å². The Hall–Kier alpha value is -1.73. The zero-order chi connectivity index (χ0) is 16.7. The van der Waals surface area contributed by atoms with Gasteiger partial charge >= 0.3 is 0 Å². The minimum Gasteiger partial charge on any atom is -0.356 e. The van der Waals surface area contributed by atoms with Gasteiger partial charge in [-0.3, -0.25) is 4.99 Å². The van der Waals surface area contributed by atoms with Crippen LogP contribution in [0.2, 0.25) is 0 Å². The Bertz CT molecular complexity index is 738. The van der Waals surface area contributed by atoms with Crippen molar-refractivity contribution in [2.24, 2.45) is 4.99 Å². The third-order valence-electron chi connectivity index (χ3n) is 3.15. The molecule has 0 aliphatic heterocycles. The first-order valence-electron chi connectivity index (χ1n) is 7.16. The van der Waals surface area contributed by atoms with Crippen LogP contribution in [0.4, 0.5) is 4.39 Å². The molecule has 0 saturated carbocycles. The van der Waals surface area contributed by atoms with Crippen molar-refractivity contribution in [3.05, 3.63) is 51.2 Å². The van der Waals surface area contributed by atoms with Crippen molar-refractivity contribution >= 4 is 41.3 Å². The van der Waals surface area contributed by atoms with E-state index in [2.05, 4.69) is 20.6 Å². The molecule has 0 fully saturated rings. The molecular formula is C16H19FIN5S. The van der Waals surface area contributed by atoms with E-state index in [0.717, 1.165) is 11.4 Å². The van der Waals surface area contributed by atoms with E-state index in [1.54, 1.807) is 18.4 Å². The first kappa shape index (κ1) is 20.3. The summed E-state index contributed by atoms with van der Waals surface area (Å²) in [7, 11) is 1.66. The number of hydrogen-bond donors (Lipinski definition) is 2. The Labute approximate surface area is 162 Å². The Balaban J connectivity index is 0.00000288. The van der Waals surface area contributed by atoms with Gasteiger partial charge < -0.3 is 10.6 Å². The lowest BCUT2D eigenvalue weighted by Crippen LogP contribution is -2.38. The third kappa shape index (κ3) is 6.05. The van der Waals surface area contributed by atoms with Crippen LogP contribution < -0.4 is 10.6 Å². The monoisotopic (exact) mass is 459 g/mol. The van der Waals surface area contributed by atoms with Crippen LogP contribution in [0, 0.1) is 24.1 Å². The molecule has 2 aromatic rings. The standard InChI is InChI=1S/C16H18FN5S.HI/c1-11-9-21-15(23-11)5-6-20-16(19-2)22-10-13-7-12(8-18)3-4-14(13)17;/h3-4,7,9H,5-6,10H2,1-2H3,(H2,19,20,22);1H. The maximum absolute atomic E-state index is 13.7. The van der Waals surface area contributed by atoms with Gasteiger partial charge in [0.25, 0.3) is 0 Å². The van der Waals surface area contributed by atoms with Crippen LogP contribution in [-0.4, -0.2) is 24.5 Å². The lowest BCUT2D eigenvalue weighted by molar-refractivity contribution is 0.604. The van der Waals surface area contributed by atoms with Crippen molar-refractivity contribution in [3.63, 3.8) is 0 Å². The Morgan fingerprint density at radius 3 is 2.83 bits per heavy atom. The summed E-state index contributed by atoms with van der Waals surface area (Å²) >= 11 is 1.67. The smallest absolute Gasteiger partial charge is 0.191 e. The average molecular weight is 459 g/mol. The van der Waals surface area contributed by atoms with Gasteiger partial charge in [0.15, 0.2) is 5.96 Å². The van der Waals surface area contributed by atoms with Crippen LogP contribution in [0.5, 0.6) is 0 Å². The fraction of sp³-hybridized carbons (Fsp3) is 0.312. The van der Waals surface area contributed by atoms with E-state index < -0.39 is 0 Å². The molecule has 0 radical (unpaired) electrons. The molecule has 1 heterocycles. The summed E-state index contributed by atoms with van der Waals surface area (Å²) in [6.45, 7) is 2.98. The fourth-order valence-corrected chi connectivity index (χ4v) is 2.77. The van der Waals surface area contributed by atoms with E-state index >= 15 is 0 Å². The lowest BCUT2D eigenvalue weighted by Gasteiger charge is -2.12. The zero-order valence-corrected chi connectivity index (χ0v) is 16.6. The molecule has 24 heavy (non-hydrogen) atoms. The predicted octanol–water partition coefficient (Wildman–Crippen LogP) is 2.99. The summed E-state index contributed by atoms with van der Waals surface area (Å²) in [6.07, 6.45) is 2.66. The van der Waals surface area contributed by atoms with Crippen molar-refractivity contribution < 1.29 is 4.39 Å². The lowest BCUT2D eigenvalue weighted by atomic mass is 10.1. The number of thiazole rings is 1. The van der Waals surface area contributed by atoms with Gasteiger partial charge in [0, 0.05) is 43.2 Å². The van der Waals surface area contributed by atoms with Crippen molar-refractivity contribution in [1.29, 1.82) is 5.26 Å². The van der Waals surface area contributed by atoms with E-state index in [1.165, 1.54) is 23.1 Å². The maximum Gasteiger partial charge on any atom is 0.191 e. The van der Waals surface area contributed by atoms with Crippen molar-refractivity contribution in [2.75, 3.05) is 13.6 Å². The number of benzene rings is 1. The van der Waals surface area contributed by atoms with Gasteiger partial charge in [-0.1, -0.05) is 0 Å². The summed E-state index contributed by atoms with van der Waals surface area (Å²) < 4.78 is 13.7. The molecule has 0 spiro atoms. The second kappa shape index (κ2) is 10.2. The van der Waals surface area contributed by atoms with Crippen LogP contribution in [0.25, 0.3) is 0 Å². The number of hydrogen-bond acceptors (Lipinski definition) is 4. The third-order valence-corrected chi connectivity index (χ3v) is 4.12. The molecular weight excluding hydrogens is 440 g/mol. The number of guanidine groups is 1. The molecule has 0 amide bonds. The average Bonchev–Trinajstić information content (AvgIpc) is 2.97. The molecule has 0 bridgehead atoms. The molecule has 0 unspecified atom stereocenters. The minimum atomic E-state index is -0.342. The van der Waals surface area contributed by atoms with E-state index in [-0.39, 0.29) is 36.3 Å². The fourth-order valence-electron chi connectivity index (χ4n) is 1.98. The second-order valence-electron chi connectivity index (χ2n) is 4.89. The summed E-state index contributed by atoms with van der Waals surface area (Å²) in [5.74, 6) is 0.241.